The van der Waals surface area contributed by atoms with Crippen LogP contribution in [0.15, 0.2) is 0 Å². The highest BCUT2D eigenvalue weighted by molar-refractivity contribution is 5.71. The van der Waals surface area contributed by atoms with E-state index in [0.29, 0.717) is 32.1 Å². The Hall–Kier alpha value is -2.32. The van der Waals surface area contributed by atoms with Gasteiger partial charge in [-0.3, -0.25) is 19.2 Å². The summed E-state index contributed by atoms with van der Waals surface area (Å²) in [5, 5.41) is 61.2. The molecule has 0 aromatic carbocycles. The minimum absolute atomic E-state index is 0.00412. The first-order valence-corrected chi connectivity index (χ1v) is 20.4. The molecule has 0 fully saturated rings. The number of hydrogen-bond donors (Lipinski definition) is 6. The van der Waals surface area contributed by atoms with E-state index in [1.807, 2.05) is 20.8 Å². The summed E-state index contributed by atoms with van der Waals surface area (Å²) in [6.45, 7) is 8.13. The van der Waals surface area contributed by atoms with Crippen molar-refractivity contribution in [1.29, 1.82) is 0 Å². The highest BCUT2D eigenvalue weighted by Crippen LogP contribution is 2.21. The molecular formula is C40H74O13. The standard InChI is InChI=1S/C40H74O13/c1-5-9-13-17-29(41)21-30(42)26-38(48)52-35(19-15-11-7-3)23-32(44)28-40(50)53-36(20-16-12-8-4)24-33(45)27-39(49)51-34(18-14-10-6-2)22-31(43)25-37(46)47/h29-36,41-45H,5-28H2,1-4H3,(H,46,47). The number of aliphatic hydroxyl groups is 5. The van der Waals surface area contributed by atoms with Crippen molar-refractivity contribution in [2.75, 3.05) is 0 Å². The van der Waals surface area contributed by atoms with E-state index in [4.69, 9.17) is 19.3 Å². The van der Waals surface area contributed by atoms with Crippen molar-refractivity contribution in [3.8, 4) is 0 Å². The zero-order valence-corrected chi connectivity index (χ0v) is 33.1. The lowest BCUT2D eigenvalue weighted by atomic mass is 10.0. The molecule has 0 bridgehead atoms. The molecule has 0 heterocycles. The number of carboxylic acid groups (broad SMARTS) is 1. The Labute approximate surface area is 318 Å². The molecule has 0 aliphatic heterocycles. The summed E-state index contributed by atoms with van der Waals surface area (Å²) >= 11 is 0. The van der Waals surface area contributed by atoms with E-state index in [2.05, 4.69) is 6.92 Å². The van der Waals surface area contributed by atoms with Crippen LogP contribution in [0.1, 0.15) is 182 Å². The zero-order chi connectivity index (χ0) is 40.0. The lowest BCUT2D eigenvalue weighted by molar-refractivity contribution is -0.156. The Morgan fingerprint density at radius 1 is 0.396 bits per heavy atom. The second kappa shape index (κ2) is 32.0. The average Bonchev–Trinajstić information content (AvgIpc) is 3.04. The van der Waals surface area contributed by atoms with Crippen molar-refractivity contribution < 1.29 is 64.0 Å². The van der Waals surface area contributed by atoms with Crippen molar-refractivity contribution in [2.45, 2.75) is 231 Å². The van der Waals surface area contributed by atoms with E-state index < -0.39 is 79.1 Å². The molecule has 13 heteroatoms. The van der Waals surface area contributed by atoms with Crippen LogP contribution >= 0.6 is 0 Å². The number of rotatable bonds is 35. The third-order valence-corrected chi connectivity index (χ3v) is 9.19. The normalized spacial score (nSPS) is 16.1. The fourth-order valence-corrected chi connectivity index (χ4v) is 6.33. The third-order valence-electron chi connectivity index (χ3n) is 9.19. The lowest BCUT2D eigenvalue weighted by Crippen LogP contribution is -2.31. The van der Waals surface area contributed by atoms with Crippen LogP contribution in [-0.4, -0.2) is 103 Å². The van der Waals surface area contributed by atoms with Gasteiger partial charge in [-0.2, -0.15) is 0 Å². The average molecular weight is 763 g/mol. The van der Waals surface area contributed by atoms with Gasteiger partial charge in [0, 0.05) is 19.3 Å². The SMILES string of the molecule is CCCCCC(O)CC(O)CC(=O)OC(CCCCC)CC(O)CC(=O)OC(CCCCC)CC(O)CC(=O)OC(CCCCC)CC(O)CC(=O)O. The second-order valence-electron chi connectivity index (χ2n) is 14.7. The summed E-state index contributed by atoms with van der Waals surface area (Å²) in [5.41, 5.74) is 0. The van der Waals surface area contributed by atoms with E-state index in [0.717, 1.165) is 70.6 Å². The van der Waals surface area contributed by atoms with Gasteiger partial charge < -0.3 is 44.8 Å². The topological polar surface area (TPSA) is 217 Å². The summed E-state index contributed by atoms with van der Waals surface area (Å²) in [5.74, 6) is -3.19. The van der Waals surface area contributed by atoms with Gasteiger partial charge in [0.2, 0.25) is 0 Å². The fourth-order valence-electron chi connectivity index (χ4n) is 6.33. The largest absolute Gasteiger partial charge is 0.481 e. The van der Waals surface area contributed by atoms with E-state index in [1.54, 1.807) is 0 Å². The molecule has 312 valence electrons. The van der Waals surface area contributed by atoms with Crippen LogP contribution in [0, 0.1) is 0 Å². The first-order chi connectivity index (χ1) is 25.2. The molecule has 0 saturated carbocycles. The van der Waals surface area contributed by atoms with Crippen molar-refractivity contribution in [3.05, 3.63) is 0 Å². The van der Waals surface area contributed by atoms with Gasteiger partial charge in [-0.05, 0) is 51.4 Å². The quantitative estimate of drug-likeness (QED) is 0.0246. The van der Waals surface area contributed by atoms with Gasteiger partial charge in [-0.15, -0.1) is 0 Å². The number of carboxylic acids is 1. The van der Waals surface area contributed by atoms with E-state index in [-0.39, 0.29) is 44.9 Å². The molecule has 0 saturated heterocycles. The summed E-state index contributed by atoms with van der Waals surface area (Å²) in [4.78, 5) is 49.4. The Balaban J connectivity index is 5.24. The predicted octanol–water partition coefficient (Wildman–Crippen LogP) is 6.05. The number of esters is 3. The molecule has 13 nitrogen and oxygen atoms in total. The van der Waals surface area contributed by atoms with Crippen LogP contribution in [0.25, 0.3) is 0 Å². The summed E-state index contributed by atoms with van der Waals surface area (Å²) in [6, 6.07) is 0. The first kappa shape index (κ1) is 50.7. The van der Waals surface area contributed by atoms with Gasteiger partial charge in [0.25, 0.3) is 0 Å². The van der Waals surface area contributed by atoms with E-state index >= 15 is 0 Å². The second-order valence-corrected chi connectivity index (χ2v) is 14.7. The molecule has 8 atom stereocenters. The van der Waals surface area contributed by atoms with Crippen LogP contribution < -0.4 is 0 Å². The number of hydrogen-bond acceptors (Lipinski definition) is 12. The highest BCUT2D eigenvalue weighted by Gasteiger charge is 2.27. The molecule has 8 unspecified atom stereocenters. The predicted molar refractivity (Wildman–Crippen MR) is 201 cm³/mol. The number of aliphatic hydroxyl groups excluding tert-OH is 5. The molecule has 0 aliphatic carbocycles. The fraction of sp³-hybridized carbons (Fsp3) is 0.900. The molecular weight excluding hydrogens is 688 g/mol. The third kappa shape index (κ3) is 29.7. The molecule has 0 amide bonds. The Morgan fingerprint density at radius 2 is 0.679 bits per heavy atom. The van der Waals surface area contributed by atoms with Crippen molar-refractivity contribution in [1.82, 2.24) is 0 Å². The summed E-state index contributed by atoms with van der Waals surface area (Å²) in [7, 11) is 0. The maximum Gasteiger partial charge on any atom is 0.308 e. The lowest BCUT2D eigenvalue weighted by Gasteiger charge is -2.24. The molecule has 53 heavy (non-hydrogen) atoms. The van der Waals surface area contributed by atoms with Crippen LogP contribution in [0.2, 0.25) is 0 Å². The number of ether oxygens (including phenoxy) is 3. The van der Waals surface area contributed by atoms with E-state index in [1.165, 1.54) is 0 Å². The van der Waals surface area contributed by atoms with Gasteiger partial charge >= 0.3 is 23.9 Å². The minimum Gasteiger partial charge on any atom is -0.481 e. The van der Waals surface area contributed by atoms with Gasteiger partial charge in [0.15, 0.2) is 0 Å². The zero-order valence-electron chi connectivity index (χ0n) is 33.1. The van der Waals surface area contributed by atoms with Crippen molar-refractivity contribution >= 4 is 23.9 Å². The van der Waals surface area contributed by atoms with Gasteiger partial charge in [0.1, 0.15) is 18.3 Å². The van der Waals surface area contributed by atoms with Crippen molar-refractivity contribution in [2.24, 2.45) is 0 Å². The minimum atomic E-state index is -1.19. The Bertz CT molecular complexity index is 961. The van der Waals surface area contributed by atoms with Crippen LogP contribution in [0.4, 0.5) is 0 Å². The van der Waals surface area contributed by atoms with Gasteiger partial charge in [-0.1, -0.05) is 85.5 Å². The van der Waals surface area contributed by atoms with Crippen molar-refractivity contribution in [3.63, 3.8) is 0 Å². The number of carbonyl (C=O) groups excluding carboxylic acids is 3. The Kier molecular flexibility index (Phi) is 30.6. The summed E-state index contributed by atoms with van der Waals surface area (Å²) < 4.78 is 16.8. The van der Waals surface area contributed by atoms with Crippen LogP contribution in [0.3, 0.4) is 0 Å². The highest BCUT2D eigenvalue weighted by atomic mass is 16.6. The molecule has 0 rings (SSSR count). The molecule has 6 N–H and O–H groups in total. The maximum atomic E-state index is 13.0. The van der Waals surface area contributed by atoms with Crippen LogP contribution in [-0.2, 0) is 33.4 Å². The number of unbranched alkanes of at least 4 members (excludes halogenated alkanes) is 8. The van der Waals surface area contributed by atoms with Crippen LogP contribution in [0.5, 0.6) is 0 Å². The monoisotopic (exact) mass is 763 g/mol. The molecule has 0 aromatic rings. The molecule has 0 aliphatic rings. The van der Waals surface area contributed by atoms with Gasteiger partial charge in [-0.25, -0.2) is 0 Å². The maximum absolute atomic E-state index is 13.0. The Morgan fingerprint density at radius 3 is 0.981 bits per heavy atom. The van der Waals surface area contributed by atoms with E-state index in [9.17, 15) is 44.7 Å². The summed E-state index contributed by atoms with van der Waals surface area (Å²) in [6.07, 6.45) is 3.46. The number of aliphatic carboxylic acids is 1. The molecule has 0 spiro atoms. The molecule has 0 radical (unpaired) electrons. The van der Waals surface area contributed by atoms with Gasteiger partial charge in [0.05, 0.1) is 56.2 Å². The number of carbonyl (C=O) groups is 4. The molecule has 0 aromatic heterocycles. The first-order valence-electron chi connectivity index (χ1n) is 20.4. The smallest absolute Gasteiger partial charge is 0.308 e.